The fourth-order valence-corrected chi connectivity index (χ4v) is 1.44. The van der Waals surface area contributed by atoms with Crippen LogP contribution in [0.1, 0.15) is 19.5 Å². The molecule has 0 saturated carbocycles. The van der Waals surface area contributed by atoms with Crippen molar-refractivity contribution in [1.29, 1.82) is 0 Å². The fourth-order valence-electron chi connectivity index (χ4n) is 1.44. The summed E-state index contributed by atoms with van der Waals surface area (Å²) in [5, 5.41) is 9.11. The van der Waals surface area contributed by atoms with Gasteiger partial charge in [-0.25, -0.2) is 9.59 Å². The van der Waals surface area contributed by atoms with Gasteiger partial charge in [0.05, 0.1) is 12.2 Å². The minimum absolute atomic E-state index is 0.333. The summed E-state index contributed by atoms with van der Waals surface area (Å²) in [6.45, 7) is 3.31. The number of aliphatic carboxylic acids is 1. The Kier molecular flexibility index (Phi) is 4.47. The van der Waals surface area contributed by atoms with Crippen molar-refractivity contribution >= 4 is 12.0 Å². The molecule has 2 amide bonds. The van der Waals surface area contributed by atoms with Gasteiger partial charge in [0.25, 0.3) is 0 Å². The zero-order valence-electron chi connectivity index (χ0n) is 11.6. The molecule has 1 heterocycles. The first kappa shape index (κ1) is 14.9. The molecule has 0 aromatic carbocycles. The van der Waals surface area contributed by atoms with E-state index < -0.39 is 11.5 Å². The molecule has 104 valence electrons. The molecular weight excluding hydrogens is 246 g/mol. The number of urea groups is 1. The van der Waals surface area contributed by atoms with E-state index in [1.165, 1.54) is 30.7 Å². The van der Waals surface area contributed by atoms with Crippen LogP contribution in [0.15, 0.2) is 24.4 Å². The van der Waals surface area contributed by atoms with Gasteiger partial charge in [-0.3, -0.25) is 4.98 Å². The predicted octanol–water partition coefficient (Wildman–Crippen LogP) is 1.43. The lowest BCUT2D eigenvalue weighted by Gasteiger charge is -2.34. The van der Waals surface area contributed by atoms with Gasteiger partial charge >= 0.3 is 12.0 Å². The maximum atomic E-state index is 12.2. The zero-order chi connectivity index (χ0) is 14.6. The molecule has 0 fully saturated rings. The molecule has 6 heteroatoms. The predicted molar refractivity (Wildman–Crippen MR) is 70.6 cm³/mol. The lowest BCUT2D eigenvalue weighted by Crippen LogP contribution is -2.54. The number of amides is 2. The van der Waals surface area contributed by atoms with Crippen LogP contribution in [0.25, 0.3) is 0 Å². The smallest absolute Gasteiger partial charge is 0.329 e. The molecule has 0 aliphatic rings. The minimum Gasteiger partial charge on any atom is -0.480 e. The molecule has 0 bridgehead atoms. The van der Waals surface area contributed by atoms with Gasteiger partial charge in [0.15, 0.2) is 0 Å². The highest BCUT2D eigenvalue weighted by molar-refractivity contribution is 5.85. The van der Waals surface area contributed by atoms with Crippen LogP contribution < -0.4 is 0 Å². The number of nitrogens with zero attached hydrogens (tertiary/aromatic N) is 3. The molecule has 0 atom stereocenters. The maximum absolute atomic E-state index is 12.2. The van der Waals surface area contributed by atoms with Gasteiger partial charge in [0.2, 0.25) is 0 Å². The van der Waals surface area contributed by atoms with Crippen LogP contribution in [-0.4, -0.2) is 51.5 Å². The Morgan fingerprint density at radius 3 is 2.42 bits per heavy atom. The summed E-state index contributed by atoms with van der Waals surface area (Å²) in [7, 11) is 3.09. The summed E-state index contributed by atoms with van der Waals surface area (Å²) >= 11 is 0. The number of carbonyl (C=O) groups excluding carboxylic acids is 1. The first-order chi connectivity index (χ1) is 8.76. The summed E-state index contributed by atoms with van der Waals surface area (Å²) in [4.78, 5) is 30.1. The van der Waals surface area contributed by atoms with Gasteiger partial charge in [-0.1, -0.05) is 6.07 Å². The minimum atomic E-state index is -1.25. The molecule has 0 radical (unpaired) electrons. The van der Waals surface area contributed by atoms with E-state index in [-0.39, 0.29) is 6.03 Å². The summed E-state index contributed by atoms with van der Waals surface area (Å²) in [5.74, 6) is -1.05. The van der Waals surface area contributed by atoms with Gasteiger partial charge in [0, 0.05) is 20.3 Å². The summed E-state index contributed by atoms with van der Waals surface area (Å²) < 4.78 is 0. The lowest BCUT2D eigenvalue weighted by atomic mass is 10.0. The number of rotatable bonds is 4. The Morgan fingerprint density at radius 2 is 1.95 bits per heavy atom. The quantitative estimate of drug-likeness (QED) is 0.893. The topological polar surface area (TPSA) is 73.7 Å². The summed E-state index contributed by atoms with van der Waals surface area (Å²) in [6, 6.07) is 5.08. The number of hydrogen-bond acceptors (Lipinski definition) is 3. The van der Waals surface area contributed by atoms with Gasteiger partial charge in [-0.2, -0.15) is 0 Å². The highest BCUT2D eigenvalue weighted by Crippen LogP contribution is 2.15. The second-order valence-corrected chi connectivity index (χ2v) is 4.88. The Balaban J connectivity index is 2.75. The van der Waals surface area contributed by atoms with E-state index in [9.17, 15) is 9.59 Å². The van der Waals surface area contributed by atoms with Crippen molar-refractivity contribution in [3.05, 3.63) is 30.1 Å². The standard InChI is InChI=1S/C13H19N3O3/c1-13(2,11(17)18)16(4)12(19)15(3)9-10-7-5-6-8-14-10/h5-8H,9H2,1-4H3,(H,17,18). The average Bonchev–Trinajstić information content (AvgIpc) is 2.37. The third-order valence-electron chi connectivity index (χ3n) is 3.10. The van der Waals surface area contributed by atoms with Crippen LogP contribution in [0.5, 0.6) is 0 Å². The van der Waals surface area contributed by atoms with Crippen molar-refractivity contribution in [1.82, 2.24) is 14.8 Å². The Bertz CT molecular complexity index is 459. The highest BCUT2D eigenvalue weighted by Gasteiger charge is 2.36. The van der Waals surface area contributed by atoms with E-state index in [0.29, 0.717) is 6.54 Å². The number of hydrogen-bond donors (Lipinski definition) is 1. The fraction of sp³-hybridized carbons (Fsp3) is 0.462. The molecule has 0 unspecified atom stereocenters. The average molecular weight is 265 g/mol. The highest BCUT2D eigenvalue weighted by atomic mass is 16.4. The van der Waals surface area contributed by atoms with Crippen LogP contribution in [0.2, 0.25) is 0 Å². The van der Waals surface area contributed by atoms with E-state index in [2.05, 4.69) is 4.98 Å². The number of carboxylic acids is 1. The van der Waals surface area contributed by atoms with Crippen LogP contribution in [0, 0.1) is 0 Å². The van der Waals surface area contributed by atoms with Gasteiger partial charge in [-0.05, 0) is 26.0 Å². The third-order valence-corrected chi connectivity index (χ3v) is 3.10. The molecule has 0 spiro atoms. The Labute approximate surface area is 112 Å². The van der Waals surface area contributed by atoms with Crippen molar-refractivity contribution in [2.24, 2.45) is 0 Å². The monoisotopic (exact) mass is 265 g/mol. The Morgan fingerprint density at radius 1 is 1.32 bits per heavy atom. The number of pyridine rings is 1. The molecule has 1 rings (SSSR count). The van der Waals surface area contributed by atoms with E-state index in [1.807, 2.05) is 12.1 Å². The molecule has 0 aliphatic heterocycles. The first-order valence-electron chi connectivity index (χ1n) is 5.89. The SMILES string of the molecule is CN(Cc1ccccn1)C(=O)N(C)C(C)(C)C(=O)O. The third kappa shape index (κ3) is 3.43. The number of likely N-dealkylation sites (N-methyl/N-ethyl adjacent to an activating group) is 1. The van der Waals surface area contributed by atoms with Crippen LogP contribution in [0.3, 0.4) is 0 Å². The first-order valence-corrected chi connectivity index (χ1v) is 5.89. The van der Waals surface area contributed by atoms with Gasteiger partial charge < -0.3 is 14.9 Å². The van der Waals surface area contributed by atoms with Crippen molar-refractivity contribution in [2.45, 2.75) is 25.9 Å². The van der Waals surface area contributed by atoms with E-state index in [4.69, 9.17) is 5.11 Å². The van der Waals surface area contributed by atoms with E-state index in [0.717, 1.165) is 5.69 Å². The molecule has 0 aliphatic carbocycles. The maximum Gasteiger partial charge on any atom is 0.329 e. The molecule has 0 saturated heterocycles. The number of carbonyl (C=O) groups is 2. The van der Waals surface area contributed by atoms with Gasteiger partial charge in [0.1, 0.15) is 5.54 Å². The van der Waals surface area contributed by atoms with E-state index >= 15 is 0 Å². The lowest BCUT2D eigenvalue weighted by molar-refractivity contribution is -0.147. The number of carboxylic acid groups (broad SMARTS) is 1. The molecular formula is C13H19N3O3. The second kappa shape index (κ2) is 5.69. The van der Waals surface area contributed by atoms with Crippen molar-refractivity contribution in [3.63, 3.8) is 0 Å². The van der Waals surface area contributed by atoms with Gasteiger partial charge in [-0.15, -0.1) is 0 Å². The summed E-state index contributed by atoms with van der Waals surface area (Å²) in [5.41, 5.74) is -0.505. The molecule has 19 heavy (non-hydrogen) atoms. The Hall–Kier alpha value is -2.11. The van der Waals surface area contributed by atoms with Crippen molar-refractivity contribution in [2.75, 3.05) is 14.1 Å². The zero-order valence-corrected chi connectivity index (χ0v) is 11.6. The molecule has 1 aromatic rings. The van der Waals surface area contributed by atoms with Crippen molar-refractivity contribution < 1.29 is 14.7 Å². The molecule has 1 aromatic heterocycles. The second-order valence-electron chi connectivity index (χ2n) is 4.88. The number of aromatic nitrogens is 1. The van der Waals surface area contributed by atoms with Crippen LogP contribution >= 0.6 is 0 Å². The van der Waals surface area contributed by atoms with Crippen LogP contribution in [-0.2, 0) is 11.3 Å². The van der Waals surface area contributed by atoms with Crippen LogP contribution in [0.4, 0.5) is 4.79 Å². The summed E-state index contributed by atoms with van der Waals surface area (Å²) in [6.07, 6.45) is 1.65. The molecule has 6 nitrogen and oxygen atoms in total. The van der Waals surface area contributed by atoms with E-state index in [1.54, 1.807) is 19.3 Å². The van der Waals surface area contributed by atoms with Crippen molar-refractivity contribution in [3.8, 4) is 0 Å². The normalized spacial score (nSPS) is 10.9. The molecule has 1 N–H and O–H groups in total. The largest absolute Gasteiger partial charge is 0.480 e.